The van der Waals surface area contributed by atoms with Crippen molar-refractivity contribution >= 4 is 23.4 Å². The van der Waals surface area contributed by atoms with Gasteiger partial charge in [0.15, 0.2) is 0 Å². The lowest BCUT2D eigenvalue weighted by atomic mass is 9.99. The van der Waals surface area contributed by atoms with E-state index in [4.69, 9.17) is 14.3 Å². The van der Waals surface area contributed by atoms with Gasteiger partial charge in [-0.2, -0.15) is 5.06 Å². The molecule has 1 amide bonds. The number of carbonyl (C=O) groups excluding carboxylic acids is 2. The standard InChI is InChI=1S/C20H19N3O7/c1-12-17-11-28-22(18(17)19(24)29-12)10-13-3-2-4-14(9-13)21-20(25)30-16-7-5-15(6-8-16)23(26)27/h2-9,12,17-18H,10-11H2,1H3,(H,21,25)/t12-,17?,18-/m0/s1. The number of esters is 1. The van der Waals surface area contributed by atoms with Gasteiger partial charge in [0.1, 0.15) is 17.9 Å². The van der Waals surface area contributed by atoms with Crippen LogP contribution >= 0.6 is 0 Å². The van der Waals surface area contributed by atoms with E-state index >= 15 is 0 Å². The van der Waals surface area contributed by atoms with Gasteiger partial charge >= 0.3 is 12.1 Å². The summed E-state index contributed by atoms with van der Waals surface area (Å²) >= 11 is 0. The molecule has 0 bridgehead atoms. The summed E-state index contributed by atoms with van der Waals surface area (Å²) < 4.78 is 10.4. The summed E-state index contributed by atoms with van der Waals surface area (Å²) in [5.41, 5.74) is 1.23. The molecular weight excluding hydrogens is 394 g/mol. The predicted octanol–water partition coefficient (Wildman–Crippen LogP) is 2.88. The molecule has 2 fully saturated rings. The monoisotopic (exact) mass is 413 g/mol. The summed E-state index contributed by atoms with van der Waals surface area (Å²) in [4.78, 5) is 40.0. The number of nitro benzene ring substituents is 1. The lowest BCUT2D eigenvalue weighted by molar-refractivity contribution is -0.384. The van der Waals surface area contributed by atoms with Crippen LogP contribution in [-0.2, 0) is 20.9 Å². The van der Waals surface area contributed by atoms with Crippen molar-refractivity contribution in [2.75, 3.05) is 11.9 Å². The van der Waals surface area contributed by atoms with Crippen molar-refractivity contribution in [3.05, 3.63) is 64.2 Å². The van der Waals surface area contributed by atoms with Crippen LogP contribution in [0.1, 0.15) is 12.5 Å². The van der Waals surface area contributed by atoms with E-state index in [1.165, 1.54) is 24.3 Å². The molecule has 0 spiro atoms. The summed E-state index contributed by atoms with van der Waals surface area (Å²) in [6, 6.07) is 11.8. The molecule has 0 aliphatic carbocycles. The van der Waals surface area contributed by atoms with Crippen molar-refractivity contribution in [1.82, 2.24) is 5.06 Å². The van der Waals surface area contributed by atoms with Gasteiger partial charge in [0.25, 0.3) is 5.69 Å². The number of nitrogens with one attached hydrogen (secondary N) is 1. The first kappa shape index (κ1) is 19.8. The van der Waals surface area contributed by atoms with E-state index in [1.54, 1.807) is 23.3 Å². The zero-order chi connectivity index (χ0) is 21.3. The Morgan fingerprint density at radius 1 is 1.30 bits per heavy atom. The summed E-state index contributed by atoms with van der Waals surface area (Å²) in [5.74, 6) is -0.0962. The second kappa shape index (κ2) is 8.09. The summed E-state index contributed by atoms with van der Waals surface area (Å²) in [5, 5.41) is 14.9. The van der Waals surface area contributed by atoms with Crippen molar-refractivity contribution in [3.63, 3.8) is 0 Å². The summed E-state index contributed by atoms with van der Waals surface area (Å²) in [6.07, 6.45) is -0.902. The fourth-order valence-corrected chi connectivity index (χ4v) is 3.55. The van der Waals surface area contributed by atoms with Gasteiger partial charge in [-0.05, 0) is 36.8 Å². The van der Waals surface area contributed by atoms with Gasteiger partial charge in [0.2, 0.25) is 0 Å². The number of fused-ring (bicyclic) bond motifs is 1. The highest BCUT2D eigenvalue weighted by molar-refractivity contribution is 5.86. The smallest absolute Gasteiger partial charge is 0.417 e. The minimum Gasteiger partial charge on any atom is -0.461 e. The lowest BCUT2D eigenvalue weighted by Gasteiger charge is -2.19. The number of rotatable bonds is 5. The van der Waals surface area contributed by atoms with Gasteiger partial charge in [0, 0.05) is 23.7 Å². The van der Waals surface area contributed by atoms with Crippen LogP contribution in [0.2, 0.25) is 0 Å². The van der Waals surface area contributed by atoms with Crippen molar-refractivity contribution in [1.29, 1.82) is 0 Å². The average Bonchev–Trinajstić information content (AvgIpc) is 3.24. The number of ether oxygens (including phenoxy) is 2. The minimum atomic E-state index is -0.730. The molecule has 3 atom stereocenters. The van der Waals surface area contributed by atoms with Crippen LogP contribution in [-0.4, -0.2) is 40.8 Å². The van der Waals surface area contributed by atoms with Crippen LogP contribution in [0.15, 0.2) is 48.5 Å². The Labute approximate surface area is 171 Å². The van der Waals surface area contributed by atoms with Crippen molar-refractivity contribution in [3.8, 4) is 5.75 Å². The number of carbonyl (C=O) groups is 2. The van der Waals surface area contributed by atoms with E-state index in [0.717, 1.165) is 5.56 Å². The zero-order valence-corrected chi connectivity index (χ0v) is 16.0. The van der Waals surface area contributed by atoms with Crippen LogP contribution in [0.4, 0.5) is 16.2 Å². The molecular formula is C20H19N3O7. The van der Waals surface area contributed by atoms with Crippen LogP contribution in [0, 0.1) is 16.0 Å². The predicted molar refractivity (Wildman–Crippen MR) is 104 cm³/mol. The maximum absolute atomic E-state index is 12.1. The molecule has 2 aliphatic heterocycles. The van der Waals surface area contributed by atoms with Crippen LogP contribution in [0.25, 0.3) is 0 Å². The fraction of sp³-hybridized carbons (Fsp3) is 0.300. The first-order valence-corrected chi connectivity index (χ1v) is 9.33. The molecule has 4 rings (SSSR count). The number of benzene rings is 2. The van der Waals surface area contributed by atoms with Gasteiger partial charge in [-0.1, -0.05) is 12.1 Å². The topological polar surface area (TPSA) is 120 Å². The van der Waals surface area contributed by atoms with Gasteiger partial charge < -0.3 is 9.47 Å². The third kappa shape index (κ3) is 4.09. The molecule has 30 heavy (non-hydrogen) atoms. The number of nitro groups is 1. The quantitative estimate of drug-likeness (QED) is 0.451. The number of hydrogen-bond donors (Lipinski definition) is 1. The average molecular weight is 413 g/mol. The third-order valence-electron chi connectivity index (χ3n) is 5.06. The van der Waals surface area contributed by atoms with E-state index < -0.39 is 17.1 Å². The van der Waals surface area contributed by atoms with Gasteiger partial charge in [0.05, 0.1) is 18.1 Å². The largest absolute Gasteiger partial charge is 0.461 e. The second-order valence-electron chi connectivity index (χ2n) is 7.09. The SMILES string of the molecule is C[C@@H]1OC(=O)[C@@H]2C1CON2Cc1cccc(NC(=O)Oc2ccc([N+](=O)[O-])cc2)c1. The minimum absolute atomic E-state index is 0.00971. The third-order valence-corrected chi connectivity index (χ3v) is 5.06. The molecule has 2 saturated heterocycles. The van der Waals surface area contributed by atoms with E-state index in [0.29, 0.717) is 18.8 Å². The molecule has 156 valence electrons. The summed E-state index contributed by atoms with van der Waals surface area (Å²) in [6.45, 7) is 2.64. The molecule has 2 aromatic carbocycles. The van der Waals surface area contributed by atoms with Gasteiger partial charge in [-0.3, -0.25) is 25.1 Å². The lowest BCUT2D eigenvalue weighted by Crippen LogP contribution is -2.35. The van der Waals surface area contributed by atoms with E-state index in [-0.39, 0.29) is 29.4 Å². The first-order chi connectivity index (χ1) is 14.4. The van der Waals surface area contributed by atoms with Crippen LogP contribution < -0.4 is 10.1 Å². The molecule has 10 heteroatoms. The Bertz CT molecular complexity index is 979. The molecule has 0 aromatic heterocycles. The number of non-ortho nitro benzene ring substituents is 1. The second-order valence-corrected chi connectivity index (χ2v) is 7.09. The molecule has 1 N–H and O–H groups in total. The number of hydrogen-bond acceptors (Lipinski definition) is 8. The molecule has 0 radical (unpaired) electrons. The van der Waals surface area contributed by atoms with Crippen LogP contribution in [0.3, 0.4) is 0 Å². The number of cyclic esters (lactones) is 1. The zero-order valence-electron chi connectivity index (χ0n) is 16.0. The Hall–Kier alpha value is -3.50. The highest BCUT2D eigenvalue weighted by atomic mass is 16.7. The maximum Gasteiger partial charge on any atom is 0.417 e. The van der Waals surface area contributed by atoms with Crippen molar-refractivity contribution in [2.24, 2.45) is 5.92 Å². The molecule has 10 nitrogen and oxygen atoms in total. The first-order valence-electron chi connectivity index (χ1n) is 9.33. The molecule has 2 heterocycles. The molecule has 0 saturated carbocycles. The van der Waals surface area contributed by atoms with Gasteiger partial charge in [-0.25, -0.2) is 4.79 Å². The molecule has 2 aliphatic rings. The Kier molecular flexibility index (Phi) is 5.34. The van der Waals surface area contributed by atoms with Crippen LogP contribution in [0.5, 0.6) is 5.75 Å². The van der Waals surface area contributed by atoms with Crippen molar-refractivity contribution in [2.45, 2.75) is 25.6 Å². The Morgan fingerprint density at radius 3 is 2.80 bits per heavy atom. The normalized spacial score (nSPS) is 23.0. The maximum atomic E-state index is 12.1. The Morgan fingerprint density at radius 2 is 2.07 bits per heavy atom. The molecule has 2 aromatic rings. The van der Waals surface area contributed by atoms with E-state index in [2.05, 4.69) is 5.32 Å². The molecule has 1 unspecified atom stereocenters. The van der Waals surface area contributed by atoms with E-state index in [9.17, 15) is 19.7 Å². The fourth-order valence-electron chi connectivity index (χ4n) is 3.55. The highest BCUT2D eigenvalue weighted by Crippen LogP contribution is 2.34. The number of hydroxylamine groups is 2. The Balaban J connectivity index is 1.37. The van der Waals surface area contributed by atoms with Gasteiger partial charge in [-0.15, -0.1) is 0 Å². The van der Waals surface area contributed by atoms with E-state index in [1.807, 2.05) is 13.0 Å². The summed E-state index contributed by atoms with van der Waals surface area (Å²) in [7, 11) is 0. The number of amides is 1. The van der Waals surface area contributed by atoms with Crippen molar-refractivity contribution < 1.29 is 28.8 Å². The number of nitrogens with zero attached hydrogens (tertiary/aromatic N) is 2. The number of anilines is 1. The highest BCUT2D eigenvalue weighted by Gasteiger charge is 2.51.